The van der Waals surface area contributed by atoms with Crippen molar-refractivity contribution in [3.63, 3.8) is 0 Å². The average Bonchev–Trinajstić information content (AvgIpc) is 2.88. The Bertz CT molecular complexity index is 1360. The molecule has 0 unspecified atom stereocenters. The maximum Gasteiger partial charge on any atom is 0.266 e. The quantitative estimate of drug-likeness (QED) is 0.413. The number of nitrogens with one attached hydrogen (secondary N) is 1. The lowest BCUT2D eigenvalue weighted by Gasteiger charge is -2.12. The van der Waals surface area contributed by atoms with E-state index in [-0.39, 0.29) is 31.2 Å². The van der Waals surface area contributed by atoms with Gasteiger partial charge in [-0.15, -0.1) is 0 Å². The van der Waals surface area contributed by atoms with Gasteiger partial charge in [-0.1, -0.05) is 36.4 Å². The van der Waals surface area contributed by atoms with Crippen LogP contribution in [0, 0.1) is 0 Å². The lowest BCUT2D eigenvalue weighted by molar-refractivity contribution is -0.123. The zero-order valence-electron chi connectivity index (χ0n) is 19.0. The molecule has 1 aromatic heterocycles. The van der Waals surface area contributed by atoms with Gasteiger partial charge in [0.25, 0.3) is 11.5 Å². The Balaban J connectivity index is 1.38. The molecule has 0 saturated carbocycles. The first-order chi connectivity index (χ1) is 16.6. The third-order valence-electron chi connectivity index (χ3n) is 5.30. The lowest BCUT2D eigenvalue weighted by Crippen LogP contribution is -2.34. The fraction of sp³-hybridized carbons (Fsp3) is 0.192. The summed E-state index contributed by atoms with van der Waals surface area (Å²) in [5.41, 5.74) is 0.982. The van der Waals surface area contributed by atoms with Gasteiger partial charge >= 0.3 is 0 Å². The first-order valence-electron chi connectivity index (χ1n) is 10.8. The van der Waals surface area contributed by atoms with Crippen LogP contribution in [0.2, 0.25) is 0 Å². The second kappa shape index (κ2) is 10.5. The van der Waals surface area contributed by atoms with E-state index < -0.39 is 0 Å². The number of aromatic nitrogens is 2. The van der Waals surface area contributed by atoms with E-state index >= 15 is 0 Å². The number of nitrogens with zero attached hydrogens (tertiary/aromatic N) is 2. The van der Waals surface area contributed by atoms with E-state index in [0.717, 1.165) is 10.8 Å². The van der Waals surface area contributed by atoms with Crippen molar-refractivity contribution >= 4 is 16.7 Å². The van der Waals surface area contributed by atoms with Crippen LogP contribution < -0.4 is 25.1 Å². The van der Waals surface area contributed by atoms with E-state index in [2.05, 4.69) is 10.4 Å². The normalized spacial score (nSPS) is 10.6. The molecule has 174 valence electrons. The molecule has 0 atom stereocenters. The fourth-order valence-electron chi connectivity index (χ4n) is 3.58. The molecule has 3 aromatic carbocycles. The third kappa shape index (κ3) is 5.17. The number of methoxy groups -OCH3 is 2. The van der Waals surface area contributed by atoms with Gasteiger partial charge in [-0.05, 0) is 35.7 Å². The highest BCUT2D eigenvalue weighted by Crippen LogP contribution is 2.31. The highest BCUT2D eigenvalue weighted by atomic mass is 16.5. The third-order valence-corrected chi connectivity index (χ3v) is 5.30. The minimum atomic E-state index is -0.286. The molecule has 1 N–H and O–H groups in total. The predicted octanol–water partition coefficient (Wildman–Crippen LogP) is 3.28. The number of amides is 1. The van der Waals surface area contributed by atoms with Gasteiger partial charge in [0.1, 0.15) is 17.2 Å². The minimum Gasteiger partial charge on any atom is -0.497 e. The Labute approximate surface area is 196 Å². The van der Waals surface area contributed by atoms with Gasteiger partial charge in [-0.3, -0.25) is 9.59 Å². The van der Waals surface area contributed by atoms with Crippen molar-refractivity contribution in [1.29, 1.82) is 0 Å². The van der Waals surface area contributed by atoms with Crippen LogP contribution in [0.5, 0.6) is 17.2 Å². The van der Waals surface area contributed by atoms with Gasteiger partial charge in [0, 0.05) is 23.6 Å². The highest BCUT2D eigenvalue weighted by molar-refractivity contribution is 5.88. The number of ether oxygens (including phenoxy) is 3. The average molecular weight is 460 g/mol. The molecule has 8 heteroatoms. The fourth-order valence-corrected chi connectivity index (χ4v) is 3.58. The van der Waals surface area contributed by atoms with E-state index in [9.17, 15) is 9.59 Å². The number of carbonyl (C=O) groups is 1. The maximum atomic E-state index is 12.3. The Kier molecular flexibility index (Phi) is 7.07. The molecular weight excluding hydrogens is 434 g/mol. The van der Waals surface area contributed by atoms with Crippen molar-refractivity contribution in [2.45, 2.75) is 6.54 Å². The van der Waals surface area contributed by atoms with Gasteiger partial charge in [0.05, 0.1) is 26.5 Å². The Hall–Kier alpha value is -4.33. The van der Waals surface area contributed by atoms with Gasteiger partial charge in [-0.2, -0.15) is 5.10 Å². The van der Waals surface area contributed by atoms with Crippen molar-refractivity contribution in [3.05, 3.63) is 83.2 Å². The van der Waals surface area contributed by atoms with Crippen molar-refractivity contribution in [2.75, 3.05) is 27.4 Å². The summed E-state index contributed by atoms with van der Waals surface area (Å²) in [6.07, 6.45) is 0. The van der Waals surface area contributed by atoms with Crippen LogP contribution in [0.1, 0.15) is 0 Å². The second-order valence-corrected chi connectivity index (χ2v) is 7.46. The van der Waals surface area contributed by atoms with E-state index in [1.54, 1.807) is 38.5 Å². The van der Waals surface area contributed by atoms with Crippen molar-refractivity contribution in [1.82, 2.24) is 15.1 Å². The number of fused-ring (bicyclic) bond motifs is 1. The van der Waals surface area contributed by atoms with Crippen LogP contribution in [0.3, 0.4) is 0 Å². The first-order valence-corrected chi connectivity index (χ1v) is 10.8. The van der Waals surface area contributed by atoms with Crippen molar-refractivity contribution < 1.29 is 19.0 Å². The smallest absolute Gasteiger partial charge is 0.266 e. The molecule has 4 rings (SSSR count). The van der Waals surface area contributed by atoms with Gasteiger partial charge in [0.2, 0.25) is 0 Å². The summed E-state index contributed by atoms with van der Waals surface area (Å²) in [6.45, 7) is 0.305. The molecule has 8 nitrogen and oxygen atoms in total. The second-order valence-electron chi connectivity index (χ2n) is 7.46. The maximum absolute atomic E-state index is 12.3. The van der Waals surface area contributed by atoms with E-state index in [0.29, 0.717) is 28.5 Å². The van der Waals surface area contributed by atoms with Crippen molar-refractivity contribution in [2.24, 2.45) is 0 Å². The first kappa shape index (κ1) is 22.8. The van der Waals surface area contributed by atoms with Crippen LogP contribution >= 0.6 is 0 Å². The molecule has 0 radical (unpaired) electrons. The minimum absolute atomic E-state index is 0.128. The molecule has 0 saturated heterocycles. The summed E-state index contributed by atoms with van der Waals surface area (Å²) < 4.78 is 17.7. The lowest BCUT2D eigenvalue weighted by atomic mass is 10.1. The molecule has 0 aliphatic carbocycles. The van der Waals surface area contributed by atoms with Crippen LogP contribution in [0.25, 0.3) is 22.0 Å². The highest BCUT2D eigenvalue weighted by Gasteiger charge is 2.11. The number of carbonyl (C=O) groups excluding carboxylic acids is 1. The van der Waals surface area contributed by atoms with Gasteiger partial charge in [-0.25, -0.2) is 4.68 Å². The monoisotopic (exact) mass is 459 g/mol. The molecule has 0 aliphatic rings. The largest absolute Gasteiger partial charge is 0.497 e. The standard InChI is InChI=1S/C26H25N3O5/c1-32-19-10-12-23(33-2)21(16-19)22-11-13-26(31)29(28-22)15-14-27-25(30)17-34-24-9-5-7-18-6-3-4-8-20(18)24/h3-13,16H,14-15,17H2,1-2H3,(H,27,30). The number of benzene rings is 3. The van der Waals surface area contributed by atoms with E-state index in [1.165, 1.54) is 10.7 Å². The van der Waals surface area contributed by atoms with Crippen LogP contribution in [-0.4, -0.2) is 43.1 Å². The van der Waals surface area contributed by atoms with Crippen molar-refractivity contribution in [3.8, 4) is 28.5 Å². The molecule has 0 fully saturated rings. The van der Waals surface area contributed by atoms with Crippen LogP contribution in [0.15, 0.2) is 77.6 Å². The zero-order chi connectivity index (χ0) is 23.9. The molecule has 0 bridgehead atoms. The molecule has 0 spiro atoms. The topological polar surface area (TPSA) is 91.7 Å². The zero-order valence-corrected chi connectivity index (χ0v) is 19.0. The summed E-state index contributed by atoms with van der Waals surface area (Å²) in [4.78, 5) is 24.6. The molecule has 0 aliphatic heterocycles. The number of hydrogen-bond acceptors (Lipinski definition) is 6. The molecular formula is C26H25N3O5. The molecule has 34 heavy (non-hydrogen) atoms. The SMILES string of the molecule is COc1ccc(OC)c(-c2ccc(=O)n(CCNC(=O)COc3cccc4ccccc34)n2)c1. The molecule has 1 heterocycles. The van der Waals surface area contributed by atoms with E-state index in [4.69, 9.17) is 14.2 Å². The van der Waals surface area contributed by atoms with Crippen LogP contribution in [0.4, 0.5) is 0 Å². The predicted molar refractivity (Wildman–Crippen MR) is 129 cm³/mol. The Morgan fingerprint density at radius 2 is 1.76 bits per heavy atom. The summed E-state index contributed by atoms with van der Waals surface area (Å²) in [6, 6.07) is 22.0. The number of rotatable bonds is 9. The summed E-state index contributed by atoms with van der Waals surface area (Å²) >= 11 is 0. The summed E-state index contributed by atoms with van der Waals surface area (Å²) in [7, 11) is 3.14. The van der Waals surface area contributed by atoms with E-state index in [1.807, 2.05) is 42.5 Å². The number of hydrogen-bond donors (Lipinski definition) is 1. The van der Waals surface area contributed by atoms with Gasteiger partial charge in [0.15, 0.2) is 6.61 Å². The summed E-state index contributed by atoms with van der Waals surface area (Å²) in [5.74, 6) is 1.61. The van der Waals surface area contributed by atoms with Gasteiger partial charge < -0.3 is 19.5 Å². The molecule has 1 amide bonds. The summed E-state index contributed by atoms with van der Waals surface area (Å²) in [5, 5.41) is 9.19. The van der Waals surface area contributed by atoms with Crippen LogP contribution in [-0.2, 0) is 11.3 Å². The Morgan fingerprint density at radius 3 is 2.59 bits per heavy atom. The Morgan fingerprint density at radius 1 is 0.941 bits per heavy atom. The molecule has 4 aromatic rings.